The number of ether oxygens (including phenoxy) is 1. The van der Waals surface area contributed by atoms with E-state index in [0.717, 1.165) is 15.9 Å². The molecule has 0 atom stereocenters. The lowest BCUT2D eigenvalue weighted by atomic mass is 10.3. The Morgan fingerprint density at radius 1 is 1.14 bits per heavy atom. The van der Waals surface area contributed by atoms with E-state index in [1.54, 1.807) is 14.2 Å². The maximum absolute atomic E-state index is 5.20. The van der Waals surface area contributed by atoms with E-state index in [0.29, 0.717) is 17.8 Å². The number of rotatable bonds is 5. The number of hydrogen-bond acceptors (Lipinski definition) is 7. The molecule has 2 aromatic rings. The highest BCUT2D eigenvalue weighted by atomic mass is 79.9. The third kappa shape index (κ3) is 3.72. The summed E-state index contributed by atoms with van der Waals surface area (Å²) in [5, 5.41) is 6.07. The molecule has 0 amide bonds. The molecule has 0 bridgehead atoms. The Morgan fingerprint density at radius 3 is 2.43 bits per heavy atom. The van der Waals surface area contributed by atoms with Crippen LogP contribution < -0.4 is 20.3 Å². The van der Waals surface area contributed by atoms with E-state index in [-0.39, 0.29) is 0 Å². The van der Waals surface area contributed by atoms with Crippen LogP contribution in [0.4, 0.5) is 23.5 Å². The van der Waals surface area contributed by atoms with Gasteiger partial charge >= 0.3 is 0 Å². The number of hydrogen-bond donors (Lipinski definition) is 2. The zero-order valence-corrected chi connectivity index (χ0v) is 13.9. The molecule has 1 heterocycles. The summed E-state index contributed by atoms with van der Waals surface area (Å²) in [7, 11) is 7.15. The number of nitrogens with zero attached hydrogens (tertiary/aromatic N) is 4. The van der Waals surface area contributed by atoms with Crippen LogP contribution in [0.2, 0.25) is 0 Å². The van der Waals surface area contributed by atoms with Crippen LogP contribution in [0.3, 0.4) is 0 Å². The molecule has 0 aliphatic heterocycles. The third-order valence-electron chi connectivity index (χ3n) is 2.66. The Morgan fingerprint density at radius 2 is 1.86 bits per heavy atom. The number of aromatic nitrogens is 3. The average molecular weight is 353 g/mol. The molecule has 112 valence electrons. The monoisotopic (exact) mass is 352 g/mol. The molecule has 0 saturated carbocycles. The summed E-state index contributed by atoms with van der Waals surface area (Å²) in [6, 6.07) is 5.65. The van der Waals surface area contributed by atoms with Crippen LogP contribution in [0.1, 0.15) is 0 Å². The van der Waals surface area contributed by atoms with Crippen LogP contribution in [0, 0.1) is 0 Å². The van der Waals surface area contributed by atoms with E-state index < -0.39 is 0 Å². The number of halogens is 1. The Labute approximate surface area is 131 Å². The molecule has 0 unspecified atom stereocenters. The van der Waals surface area contributed by atoms with Gasteiger partial charge in [-0.1, -0.05) is 0 Å². The third-order valence-corrected chi connectivity index (χ3v) is 3.27. The van der Waals surface area contributed by atoms with E-state index in [2.05, 4.69) is 41.5 Å². The SMILES string of the molecule is CNc1nc(Nc2ccc(OC)c(Br)c2)nc(N(C)C)n1. The molecule has 1 aromatic carbocycles. The minimum absolute atomic E-state index is 0.468. The predicted molar refractivity (Wildman–Crippen MR) is 87.7 cm³/mol. The molecule has 0 radical (unpaired) electrons. The summed E-state index contributed by atoms with van der Waals surface area (Å²) in [5.74, 6) is 2.31. The lowest BCUT2D eigenvalue weighted by Crippen LogP contribution is -2.15. The van der Waals surface area contributed by atoms with Gasteiger partial charge in [0.05, 0.1) is 11.6 Å². The van der Waals surface area contributed by atoms with Crippen LogP contribution in [0.15, 0.2) is 22.7 Å². The van der Waals surface area contributed by atoms with Crippen LogP contribution >= 0.6 is 15.9 Å². The van der Waals surface area contributed by atoms with E-state index in [4.69, 9.17) is 4.74 Å². The highest BCUT2D eigenvalue weighted by Crippen LogP contribution is 2.28. The minimum Gasteiger partial charge on any atom is -0.496 e. The molecule has 7 nitrogen and oxygen atoms in total. The number of methoxy groups -OCH3 is 1. The van der Waals surface area contributed by atoms with Crippen molar-refractivity contribution in [3.05, 3.63) is 22.7 Å². The standard InChI is InChI=1S/C13H17BrN6O/c1-15-11-17-12(19-13(18-11)20(2)3)16-8-5-6-10(21-4)9(14)7-8/h5-7H,1-4H3,(H2,15,16,17,18,19). The Hall–Kier alpha value is -2.09. The van der Waals surface area contributed by atoms with Crippen molar-refractivity contribution in [3.63, 3.8) is 0 Å². The predicted octanol–water partition coefficient (Wildman–Crippen LogP) is 2.49. The van der Waals surface area contributed by atoms with Gasteiger partial charge in [-0.15, -0.1) is 0 Å². The van der Waals surface area contributed by atoms with Crippen molar-refractivity contribution in [2.45, 2.75) is 0 Å². The molecule has 2 rings (SSSR count). The molecular formula is C13H17BrN6O. The lowest BCUT2D eigenvalue weighted by Gasteiger charge is -2.13. The fourth-order valence-corrected chi connectivity index (χ4v) is 2.15. The highest BCUT2D eigenvalue weighted by Gasteiger charge is 2.08. The number of benzene rings is 1. The first kappa shape index (κ1) is 15.3. The maximum atomic E-state index is 5.20. The Bertz CT molecular complexity index is 634. The van der Waals surface area contributed by atoms with Gasteiger partial charge in [0, 0.05) is 26.8 Å². The summed E-state index contributed by atoms with van der Waals surface area (Å²) < 4.78 is 6.06. The normalized spacial score (nSPS) is 10.1. The summed E-state index contributed by atoms with van der Waals surface area (Å²) >= 11 is 3.45. The van der Waals surface area contributed by atoms with Gasteiger partial charge in [-0.3, -0.25) is 0 Å². The largest absolute Gasteiger partial charge is 0.496 e. The van der Waals surface area contributed by atoms with Gasteiger partial charge in [0.15, 0.2) is 0 Å². The zero-order chi connectivity index (χ0) is 15.4. The second-order valence-electron chi connectivity index (χ2n) is 4.40. The summed E-state index contributed by atoms with van der Waals surface area (Å²) in [4.78, 5) is 14.7. The summed E-state index contributed by atoms with van der Waals surface area (Å²) in [6.07, 6.45) is 0. The van der Waals surface area contributed by atoms with Crippen LogP contribution in [-0.4, -0.2) is 43.2 Å². The molecule has 1 aromatic heterocycles. The summed E-state index contributed by atoms with van der Waals surface area (Å²) in [5.41, 5.74) is 0.848. The smallest absolute Gasteiger partial charge is 0.233 e. The van der Waals surface area contributed by atoms with Gasteiger partial charge in [-0.25, -0.2) is 0 Å². The molecule has 0 saturated heterocycles. The van der Waals surface area contributed by atoms with Crippen molar-refractivity contribution in [3.8, 4) is 5.75 Å². The Balaban J connectivity index is 2.30. The topological polar surface area (TPSA) is 75.2 Å². The Kier molecular flexibility index (Phi) is 4.79. The second-order valence-corrected chi connectivity index (χ2v) is 5.26. The van der Waals surface area contributed by atoms with E-state index in [9.17, 15) is 0 Å². The van der Waals surface area contributed by atoms with Crippen molar-refractivity contribution in [1.82, 2.24) is 15.0 Å². The van der Waals surface area contributed by atoms with Crippen molar-refractivity contribution in [2.24, 2.45) is 0 Å². The molecular weight excluding hydrogens is 336 g/mol. The van der Waals surface area contributed by atoms with Gasteiger partial charge in [0.25, 0.3) is 0 Å². The number of anilines is 4. The first-order valence-electron chi connectivity index (χ1n) is 6.25. The summed E-state index contributed by atoms with van der Waals surface area (Å²) in [6.45, 7) is 0. The number of nitrogens with one attached hydrogen (secondary N) is 2. The molecule has 8 heteroatoms. The van der Waals surface area contributed by atoms with Gasteiger partial charge in [-0.2, -0.15) is 15.0 Å². The van der Waals surface area contributed by atoms with Crippen molar-refractivity contribution in [2.75, 3.05) is 43.8 Å². The van der Waals surface area contributed by atoms with Crippen molar-refractivity contribution < 1.29 is 4.74 Å². The van der Waals surface area contributed by atoms with Crippen LogP contribution in [0.25, 0.3) is 0 Å². The van der Waals surface area contributed by atoms with Gasteiger partial charge in [0.1, 0.15) is 5.75 Å². The first-order valence-corrected chi connectivity index (χ1v) is 7.04. The van der Waals surface area contributed by atoms with E-state index in [1.807, 2.05) is 37.2 Å². The van der Waals surface area contributed by atoms with Crippen molar-refractivity contribution >= 4 is 39.5 Å². The zero-order valence-electron chi connectivity index (χ0n) is 12.3. The van der Waals surface area contributed by atoms with Gasteiger partial charge in [-0.05, 0) is 34.1 Å². The average Bonchev–Trinajstić information content (AvgIpc) is 2.47. The first-order chi connectivity index (χ1) is 10.0. The maximum Gasteiger partial charge on any atom is 0.233 e. The van der Waals surface area contributed by atoms with Crippen molar-refractivity contribution in [1.29, 1.82) is 0 Å². The van der Waals surface area contributed by atoms with E-state index >= 15 is 0 Å². The molecule has 0 aliphatic rings. The lowest BCUT2D eigenvalue weighted by molar-refractivity contribution is 0.412. The van der Waals surface area contributed by atoms with Gasteiger partial charge < -0.3 is 20.3 Å². The van der Waals surface area contributed by atoms with Crippen LogP contribution in [-0.2, 0) is 0 Å². The molecule has 21 heavy (non-hydrogen) atoms. The fourth-order valence-electron chi connectivity index (χ4n) is 1.61. The molecule has 0 aliphatic carbocycles. The van der Waals surface area contributed by atoms with Gasteiger partial charge in [0.2, 0.25) is 17.8 Å². The molecule has 0 fully saturated rings. The molecule has 2 N–H and O–H groups in total. The highest BCUT2D eigenvalue weighted by molar-refractivity contribution is 9.10. The fraction of sp³-hybridized carbons (Fsp3) is 0.308. The molecule has 0 spiro atoms. The minimum atomic E-state index is 0.468. The van der Waals surface area contributed by atoms with Crippen LogP contribution in [0.5, 0.6) is 5.75 Å². The second kappa shape index (κ2) is 6.57. The van der Waals surface area contributed by atoms with E-state index in [1.165, 1.54) is 0 Å². The quantitative estimate of drug-likeness (QED) is 0.855.